The molecule has 122 valence electrons. The van der Waals surface area contributed by atoms with Gasteiger partial charge in [0.2, 0.25) is 0 Å². The number of aryl methyl sites for hydroxylation is 1. The quantitative estimate of drug-likeness (QED) is 0.378. The van der Waals surface area contributed by atoms with Gasteiger partial charge in [-0.15, -0.1) is 0 Å². The first-order valence-electron chi connectivity index (χ1n) is 8.55. The minimum Gasteiger partial charge on any atom is -0.494 e. The normalized spacial score (nSPS) is 11.0. The SMILES string of the molecule is CCCCOc1ccc(N=Nc2ccc(CCCC)cc2)cc1. The van der Waals surface area contributed by atoms with Crippen LogP contribution in [0.5, 0.6) is 5.75 Å². The molecule has 3 nitrogen and oxygen atoms in total. The standard InChI is InChI=1S/C20H26N2O/c1-3-5-7-17-8-10-18(11-9-17)21-22-19-12-14-20(15-13-19)23-16-6-4-2/h8-15H,3-7,16H2,1-2H3. The fraction of sp³-hybridized carbons (Fsp3) is 0.400. The fourth-order valence-corrected chi connectivity index (χ4v) is 2.17. The molecule has 0 N–H and O–H groups in total. The van der Waals surface area contributed by atoms with Gasteiger partial charge in [-0.1, -0.05) is 38.8 Å². The van der Waals surface area contributed by atoms with E-state index in [2.05, 4.69) is 36.2 Å². The van der Waals surface area contributed by atoms with Crippen molar-refractivity contribution in [3.8, 4) is 5.75 Å². The van der Waals surface area contributed by atoms with E-state index < -0.39 is 0 Å². The van der Waals surface area contributed by atoms with Gasteiger partial charge in [-0.05, 0) is 61.2 Å². The third kappa shape index (κ3) is 6.23. The molecule has 0 atom stereocenters. The van der Waals surface area contributed by atoms with Crippen LogP contribution in [0, 0.1) is 0 Å². The molecular weight excluding hydrogens is 284 g/mol. The average molecular weight is 310 g/mol. The highest BCUT2D eigenvalue weighted by Crippen LogP contribution is 2.22. The zero-order chi connectivity index (χ0) is 16.3. The zero-order valence-electron chi connectivity index (χ0n) is 14.2. The van der Waals surface area contributed by atoms with Crippen LogP contribution in [0.3, 0.4) is 0 Å². The van der Waals surface area contributed by atoms with E-state index >= 15 is 0 Å². The molecule has 0 unspecified atom stereocenters. The first-order valence-corrected chi connectivity index (χ1v) is 8.55. The Labute approximate surface area is 139 Å². The summed E-state index contributed by atoms with van der Waals surface area (Å²) < 4.78 is 5.64. The monoisotopic (exact) mass is 310 g/mol. The van der Waals surface area contributed by atoms with E-state index in [4.69, 9.17) is 4.74 Å². The number of unbranched alkanes of at least 4 members (excludes halogenated alkanes) is 2. The Bertz CT molecular complexity index is 588. The minimum atomic E-state index is 0.766. The van der Waals surface area contributed by atoms with Gasteiger partial charge in [0.05, 0.1) is 18.0 Å². The molecule has 0 fully saturated rings. The molecule has 3 heteroatoms. The Kier molecular flexibility index (Phi) is 7.31. The maximum absolute atomic E-state index is 5.64. The summed E-state index contributed by atoms with van der Waals surface area (Å²) in [4.78, 5) is 0. The van der Waals surface area contributed by atoms with Crippen molar-refractivity contribution < 1.29 is 4.74 Å². The fourth-order valence-electron chi connectivity index (χ4n) is 2.17. The predicted octanol–water partition coefficient (Wildman–Crippen LogP) is 6.62. The summed E-state index contributed by atoms with van der Waals surface area (Å²) in [5, 5.41) is 8.56. The van der Waals surface area contributed by atoms with Gasteiger partial charge in [-0.2, -0.15) is 10.2 Å². The lowest BCUT2D eigenvalue weighted by molar-refractivity contribution is 0.309. The second-order valence-corrected chi connectivity index (χ2v) is 5.67. The molecule has 0 saturated heterocycles. The highest BCUT2D eigenvalue weighted by atomic mass is 16.5. The van der Waals surface area contributed by atoms with Gasteiger partial charge >= 0.3 is 0 Å². The van der Waals surface area contributed by atoms with Crippen LogP contribution in [0.4, 0.5) is 11.4 Å². The summed E-state index contributed by atoms with van der Waals surface area (Å²) in [6.07, 6.45) is 5.81. The van der Waals surface area contributed by atoms with Crippen molar-refractivity contribution in [3.05, 3.63) is 54.1 Å². The lowest BCUT2D eigenvalue weighted by atomic mass is 10.1. The molecule has 0 aliphatic carbocycles. The van der Waals surface area contributed by atoms with E-state index in [9.17, 15) is 0 Å². The van der Waals surface area contributed by atoms with Gasteiger partial charge in [0.1, 0.15) is 5.75 Å². The van der Waals surface area contributed by atoms with E-state index in [0.717, 1.165) is 43.0 Å². The first-order chi connectivity index (χ1) is 11.3. The van der Waals surface area contributed by atoms with Crippen LogP contribution < -0.4 is 4.74 Å². The Morgan fingerprint density at radius 1 is 0.739 bits per heavy atom. The summed E-state index contributed by atoms with van der Waals surface area (Å²) >= 11 is 0. The predicted molar refractivity (Wildman–Crippen MR) is 96.1 cm³/mol. The Morgan fingerprint density at radius 2 is 1.30 bits per heavy atom. The van der Waals surface area contributed by atoms with Gasteiger partial charge in [0.25, 0.3) is 0 Å². The van der Waals surface area contributed by atoms with Gasteiger partial charge < -0.3 is 4.74 Å². The molecule has 0 aromatic heterocycles. The molecule has 0 aliphatic rings. The molecule has 0 bridgehead atoms. The minimum absolute atomic E-state index is 0.766. The molecule has 2 rings (SSSR count). The van der Waals surface area contributed by atoms with Crippen LogP contribution in [0.1, 0.15) is 45.1 Å². The lowest BCUT2D eigenvalue weighted by Crippen LogP contribution is -1.95. The molecule has 0 saturated carbocycles. The Balaban J connectivity index is 1.89. The number of azo groups is 1. The van der Waals surface area contributed by atoms with E-state index in [1.807, 2.05) is 36.4 Å². The molecule has 0 amide bonds. The number of nitrogens with zero attached hydrogens (tertiary/aromatic N) is 2. The van der Waals surface area contributed by atoms with Crippen LogP contribution in [-0.2, 0) is 6.42 Å². The van der Waals surface area contributed by atoms with Crippen LogP contribution in [0.15, 0.2) is 58.8 Å². The molecule has 2 aromatic carbocycles. The number of rotatable bonds is 9. The van der Waals surface area contributed by atoms with Crippen LogP contribution in [-0.4, -0.2) is 6.61 Å². The number of hydrogen-bond donors (Lipinski definition) is 0. The molecule has 0 spiro atoms. The molecular formula is C20H26N2O. The largest absolute Gasteiger partial charge is 0.494 e. The highest BCUT2D eigenvalue weighted by Gasteiger charge is 1.96. The van der Waals surface area contributed by atoms with Gasteiger partial charge in [0, 0.05) is 0 Å². The smallest absolute Gasteiger partial charge is 0.119 e. The highest BCUT2D eigenvalue weighted by molar-refractivity contribution is 5.43. The van der Waals surface area contributed by atoms with Crippen molar-refractivity contribution in [2.75, 3.05) is 6.61 Å². The second-order valence-electron chi connectivity index (χ2n) is 5.67. The Morgan fingerprint density at radius 3 is 1.87 bits per heavy atom. The molecule has 0 aliphatic heterocycles. The maximum Gasteiger partial charge on any atom is 0.119 e. The second kappa shape index (κ2) is 9.78. The van der Waals surface area contributed by atoms with Gasteiger partial charge in [-0.3, -0.25) is 0 Å². The van der Waals surface area contributed by atoms with Gasteiger partial charge in [0.15, 0.2) is 0 Å². The van der Waals surface area contributed by atoms with Gasteiger partial charge in [-0.25, -0.2) is 0 Å². The summed E-state index contributed by atoms with van der Waals surface area (Å²) in [6, 6.07) is 16.1. The first kappa shape index (κ1) is 17.2. The number of hydrogen-bond acceptors (Lipinski definition) is 3. The topological polar surface area (TPSA) is 34.0 Å². The molecule has 2 aromatic rings. The summed E-state index contributed by atoms with van der Waals surface area (Å²) in [7, 11) is 0. The van der Waals surface area contributed by atoms with E-state index in [0.29, 0.717) is 0 Å². The van der Waals surface area contributed by atoms with E-state index in [-0.39, 0.29) is 0 Å². The number of benzene rings is 2. The van der Waals surface area contributed by atoms with Crippen molar-refractivity contribution in [1.29, 1.82) is 0 Å². The zero-order valence-corrected chi connectivity index (χ0v) is 14.2. The summed E-state index contributed by atoms with van der Waals surface area (Å²) in [5.41, 5.74) is 3.08. The Hall–Kier alpha value is -2.16. The van der Waals surface area contributed by atoms with Crippen LogP contribution >= 0.6 is 0 Å². The molecule has 23 heavy (non-hydrogen) atoms. The van der Waals surface area contributed by atoms with Crippen molar-refractivity contribution in [2.45, 2.75) is 46.0 Å². The average Bonchev–Trinajstić information content (AvgIpc) is 2.60. The maximum atomic E-state index is 5.64. The summed E-state index contributed by atoms with van der Waals surface area (Å²) in [5.74, 6) is 0.887. The van der Waals surface area contributed by atoms with Crippen molar-refractivity contribution in [3.63, 3.8) is 0 Å². The van der Waals surface area contributed by atoms with E-state index in [1.54, 1.807) is 0 Å². The van der Waals surface area contributed by atoms with Crippen LogP contribution in [0.25, 0.3) is 0 Å². The third-order valence-electron chi connectivity index (χ3n) is 3.64. The third-order valence-corrected chi connectivity index (χ3v) is 3.64. The number of ether oxygens (including phenoxy) is 1. The lowest BCUT2D eigenvalue weighted by Gasteiger charge is -2.04. The molecule has 0 heterocycles. The molecule has 0 radical (unpaired) electrons. The van der Waals surface area contributed by atoms with Crippen molar-refractivity contribution in [2.24, 2.45) is 10.2 Å². The van der Waals surface area contributed by atoms with Crippen LogP contribution in [0.2, 0.25) is 0 Å². The van der Waals surface area contributed by atoms with E-state index in [1.165, 1.54) is 18.4 Å². The van der Waals surface area contributed by atoms with Crippen molar-refractivity contribution in [1.82, 2.24) is 0 Å². The van der Waals surface area contributed by atoms with Crippen molar-refractivity contribution >= 4 is 11.4 Å². The summed E-state index contributed by atoms with van der Waals surface area (Å²) in [6.45, 7) is 5.13.